The van der Waals surface area contributed by atoms with Gasteiger partial charge in [-0.25, -0.2) is 4.99 Å². The number of ether oxygens (including phenoxy) is 2. The van der Waals surface area contributed by atoms with Gasteiger partial charge in [0.05, 0.1) is 19.3 Å². The minimum absolute atomic E-state index is 0.323. The van der Waals surface area contributed by atoms with Crippen molar-refractivity contribution in [2.45, 2.75) is 39.5 Å². The van der Waals surface area contributed by atoms with Crippen molar-refractivity contribution >= 4 is 5.96 Å². The smallest absolute Gasteiger partial charge is 0.191 e. The minimum Gasteiger partial charge on any atom is -0.385 e. The highest BCUT2D eigenvalue weighted by molar-refractivity contribution is 5.79. The summed E-state index contributed by atoms with van der Waals surface area (Å²) in [6.45, 7) is 11.2. The summed E-state index contributed by atoms with van der Waals surface area (Å²) in [4.78, 5) is 7.16. The Morgan fingerprint density at radius 1 is 1.35 bits per heavy atom. The van der Waals surface area contributed by atoms with Crippen LogP contribution in [-0.2, 0) is 22.6 Å². The van der Waals surface area contributed by atoms with Crippen molar-refractivity contribution in [3.05, 3.63) is 35.4 Å². The molecule has 1 aliphatic rings. The Labute approximate surface area is 158 Å². The molecule has 0 saturated carbocycles. The number of hydrogen-bond donors (Lipinski definition) is 2. The number of nitrogens with zero attached hydrogens (tertiary/aromatic N) is 2. The number of hydrogen-bond acceptors (Lipinski definition) is 4. The standard InChI is InChI=1S/C20H34N4O2/c1-4-21-20(22-9-6-11-25-3)23-14-18-7-5-8-19(13-18)16-24-10-12-26-17(2)15-24/h5,7-8,13,17H,4,6,9-12,14-16H2,1-3H3,(H2,21,22,23). The summed E-state index contributed by atoms with van der Waals surface area (Å²) in [6.07, 6.45) is 1.29. The Balaban J connectivity index is 1.88. The third-order valence-electron chi connectivity index (χ3n) is 4.30. The molecule has 1 unspecified atom stereocenters. The molecule has 1 saturated heterocycles. The van der Waals surface area contributed by atoms with Crippen molar-refractivity contribution in [1.82, 2.24) is 15.5 Å². The van der Waals surface area contributed by atoms with E-state index < -0.39 is 0 Å². The summed E-state index contributed by atoms with van der Waals surface area (Å²) in [6, 6.07) is 8.73. The lowest BCUT2D eigenvalue weighted by Gasteiger charge is -2.31. The molecule has 6 nitrogen and oxygen atoms in total. The molecular formula is C20H34N4O2. The first-order valence-corrected chi connectivity index (χ1v) is 9.64. The second kappa shape index (κ2) is 11.9. The van der Waals surface area contributed by atoms with Crippen LogP contribution in [0.5, 0.6) is 0 Å². The molecule has 0 aromatic heterocycles. The third-order valence-corrected chi connectivity index (χ3v) is 4.30. The van der Waals surface area contributed by atoms with Crippen LogP contribution < -0.4 is 10.6 Å². The molecule has 6 heteroatoms. The molecule has 0 radical (unpaired) electrons. The zero-order valence-corrected chi connectivity index (χ0v) is 16.5. The van der Waals surface area contributed by atoms with Crippen molar-refractivity contribution in [1.29, 1.82) is 0 Å². The van der Waals surface area contributed by atoms with Crippen LogP contribution in [0.1, 0.15) is 31.4 Å². The van der Waals surface area contributed by atoms with Gasteiger partial charge in [0.25, 0.3) is 0 Å². The Kier molecular flexibility index (Phi) is 9.45. The third kappa shape index (κ3) is 7.72. The number of aliphatic imine (C=N–C) groups is 1. The van der Waals surface area contributed by atoms with E-state index in [4.69, 9.17) is 14.5 Å². The summed E-state index contributed by atoms with van der Waals surface area (Å²) in [7, 11) is 1.73. The first-order chi connectivity index (χ1) is 12.7. The normalized spacial score (nSPS) is 18.7. The number of nitrogens with one attached hydrogen (secondary N) is 2. The number of benzene rings is 1. The van der Waals surface area contributed by atoms with Gasteiger partial charge >= 0.3 is 0 Å². The summed E-state index contributed by atoms with van der Waals surface area (Å²) in [5.74, 6) is 0.857. The van der Waals surface area contributed by atoms with Crippen molar-refractivity contribution in [3.8, 4) is 0 Å². The molecule has 2 N–H and O–H groups in total. The molecule has 1 atom stereocenters. The predicted octanol–water partition coefficient (Wildman–Crippen LogP) is 2.00. The van der Waals surface area contributed by atoms with Gasteiger partial charge in [-0.15, -0.1) is 0 Å². The fourth-order valence-corrected chi connectivity index (χ4v) is 3.05. The highest BCUT2D eigenvalue weighted by Crippen LogP contribution is 2.12. The highest BCUT2D eigenvalue weighted by Gasteiger charge is 2.16. The van der Waals surface area contributed by atoms with Crippen LogP contribution in [0.25, 0.3) is 0 Å². The van der Waals surface area contributed by atoms with E-state index in [2.05, 4.69) is 53.6 Å². The van der Waals surface area contributed by atoms with Crippen LogP contribution in [0.15, 0.2) is 29.3 Å². The average molecular weight is 363 g/mol. The zero-order valence-electron chi connectivity index (χ0n) is 16.5. The van der Waals surface area contributed by atoms with Gasteiger partial charge in [-0.1, -0.05) is 24.3 Å². The average Bonchev–Trinajstić information content (AvgIpc) is 2.63. The summed E-state index contributed by atoms with van der Waals surface area (Å²) >= 11 is 0. The number of methoxy groups -OCH3 is 1. The zero-order chi connectivity index (χ0) is 18.6. The van der Waals surface area contributed by atoms with E-state index in [-0.39, 0.29) is 0 Å². The van der Waals surface area contributed by atoms with Crippen molar-refractivity contribution in [2.75, 3.05) is 46.5 Å². The Morgan fingerprint density at radius 2 is 2.19 bits per heavy atom. The molecule has 26 heavy (non-hydrogen) atoms. The van der Waals surface area contributed by atoms with E-state index in [0.29, 0.717) is 12.6 Å². The molecule has 1 aromatic rings. The van der Waals surface area contributed by atoms with Crippen LogP contribution in [0.3, 0.4) is 0 Å². The van der Waals surface area contributed by atoms with Gasteiger partial charge in [0.15, 0.2) is 5.96 Å². The first-order valence-electron chi connectivity index (χ1n) is 9.64. The molecule has 146 valence electrons. The van der Waals surface area contributed by atoms with E-state index >= 15 is 0 Å². The Morgan fingerprint density at radius 3 is 2.96 bits per heavy atom. The lowest BCUT2D eigenvalue weighted by Crippen LogP contribution is -2.40. The van der Waals surface area contributed by atoms with Gasteiger partial charge in [-0.3, -0.25) is 4.90 Å². The fraction of sp³-hybridized carbons (Fsp3) is 0.650. The quantitative estimate of drug-likeness (QED) is 0.400. The maximum absolute atomic E-state index is 5.62. The second-order valence-electron chi connectivity index (χ2n) is 6.70. The van der Waals surface area contributed by atoms with Crippen molar-refractivity contribution in [2.24, 2.45) is 4.99 Å². The molecule has 1 fully saturated rings. The molecule has 1 heterocycles. The highest BCUT2D eigenvalue weighted by atomic mass is 16.5. The maximum atomic E-state index is 5.62. The van der Waals surface area contributed by atoms with E-state index in [0.717, 1.165) is 58.3 Å². The first kappa shape index (κ1) is 20.7. The monoisotopic (exact) mass is 362 g/mol. The SMILES string of the molecule is CCNC(=NCc1cccc(CN2CCOC(C)C2)c1)NCCCOC. The van der Waals surface area contributed by atoms with Crippen LogP contribution in [-0.4, -0.2) is 63.5 Å². The molecule has 0 spiro atoms. The van der Waals surface area contributed by atoms with Crippen LogP contribution in [0.2, 0.25) is 0 Å². The van der Waals surface area contributed by atoms with Crippen molar-refractivity contribution in [3.63, 3.8) is 0 Å². The van der Waals surface area contributed by atoms with E-state index in [1.165, 1.54) is 11.1 Å². The number of guanidine groups is 1. The molecule has 0 bridgehead atoms. The van der Waals surface area contributed by atoms with Crippen LogP contribution in [0.4, 0.5) is 0 Å². The van der Waals surface area contributed by atoms with Gasteiger partial charge in [-0.2, -0.15) is 0 Å². The molecule has 0 amide bonds. The van der Waals surface area contributed by atoms with E-state index in [1.54, 1.807) is 7.11 Å². The summed E-state index contributed by atoms with van der Waals surface area (Å²) < 4.78 is 10.7. The Bertz CT molecular complexity index is 550. The molecule has 2 rings (SSSR count). The summed E-state index contributed by atoms with van der Waals surface area (Å²) in [5.41, 5.74) is 2.57. The van der Waals surface area contributed by atoms with Gasteiger partial charge in [-0.05, 0) is 31.4 Å². The molecule has 0 aliphatic carbocycles. The number of rotatable bonds is 9. The fourth-order valence-electron chi connectivity index (χ4n) is 3.05. The van der Waals surface area contributed by atoms with Crippen LogP contribution in [0, 0.1) is 0 Å². The second-order valence-corrected chi connectivity index (χ2v) is 6.70. The summed E-state index contributed by atoms with van der Waals surface area (Å²) in [5, 5.41) is 6.64. The van der Waals surface area contributed by atoms with Gasteiger partial charge in [0.2, 0.25) is 0 Å². The molecular weight excluding hydrogens is 328 g/mol. The van der Waals surface area contributed by atoms with Gasteiger partial charge in [0.1, 0.15) is 0 Å². The van der Waals surface area contributed by atoms with Crippen LogP contribution >= 0.6 is 0 Å². The molecule has 1 aromatic carbocycles. The number of morpholine rings is 1. The maximum Gasteiger partial charge on any atom is 0.191 e. The lowest BCUT2D eigenvalue weighted by atomic mass is 10.1. The Hall–Kier alpha value is -1.63. The van der Waals surface area contributed by atoms with Gasteiger partial charge in [0, 0.05) is 46.4 Å². The topological polar surface area (TPSA) is 58.1 Å². The predicted molar refractivity (Wildman–Crippen MR) is 106 cm³/mol. The molecule has 1 aliphatic heterocycles. The van der Waals surface area contributed by atoms with E-state index in [9.17, 15) is 0 Å². The lowest BCUT2D eigenvalue weighted by molar-refractivity contribution is -0.0212. The van der Waals surface area contributed by atoms with E-state index in [1.807, 2.05) is 0 Å². The minimum atomic E-state index is 0.323. The van der Waals surface area contributed by atoms with Crippen molar-refractivity contribution < 1.29 is 9.47 Å². The largest absolute Gasteiger partial charge is 0.385 e. The van der Waals surface area contributed by atoms with Gasteiger partial charge < -0.3 is 20.1 Å².